The summed E-state index contributed by atoms with van der Waals surface area (Å²) in [6, 6.07) is 8.44. The Bertz CT molecular complexity index is 637. The fourth-order valence-corrected chi connectivity index (χ4v) is 1.81. The van der Waals surface area contributed by atoms with Crippen LogP contribution in [0.2, 0.25) is 5.02 Å². The van der Waals surface area contributed by atoms with Crippen LogP contribution in [0.25, 0.3) is 0 Å². The number of benzene rings is 2. The molecule has 0 aliphatic rings. The first-order chi connectivity index (χ1) is 9.49. The van der Waals surface area contributed by atoms with Crippen LogP contribution in [0, 0.1) is 0 Å². The zero-order valence-electron chi connectivity index (χ0n) is 10.6. The van der Waals surface area contributed by atoms with Gasteiger partial charge in [-0.1, -0.05) is 11.6 Å². The number of amides is 1. The number of phenolic OH excluding ortho intramolecular Hbond substituents is 2. The van der Waals surface area contributed by atoms with Crippen molar-refractivity contribution < 1.29 is 19.7 Å². The highest BCUT2D eigenvalue weighted by molar-refractivity contribution is 6.34. The molecule has 104 valence electrons. The lowest BCUT2D eigenvalue weighted by molar-refractivity contribution is 0.102. The topological polar surface area (TPSA) is 78.8 Å². The van der Waals surface area contributed by atoms with E-state index >= 15 is 0 Å². The van der Waals surface area contributed by atoms with Gasteiger partial charge in [0.05, 0.1) is 17.8 Å². The number of carbonyl (C=O) groups is 1. The van der Waals surface area contributed by atoms with Gasteiger partial charge in [-0.15, -0.1) is 0 Å². The smallest absolute Gasteiger partial charge is 0.255 e. The van der Waals surface area contributed by atoms with Gasteiger partial charge in [0.15, 0.2) is 0 Å². The minimum Gasteiger partial charge on any atom is -0.508 e. The maximum Gasteiger partial charge on any atom is 0.255 e. The van der Waals surface area contributed by atoms with E-state index in [-0.39, 0.29) is 17.1 Å². The average molecular weight is 294 g/mol. The number of rotatable bonds is 3. The van der Waals surface area contributed by atoms with Crippen LogP contribution in [0.4, 0.5) is 5.69 Å². The van der Waals surface area contributed by atoms with E-state index in [0.717, 1.165) is 6.07 Å². The number of phenols is 2. The fraction of sp³-hybridized carbons (Fsp3) is 0.0714. The summed E-state index contributed by atoms with van der Waals surface area (Å²) < 4.78 is 5.05. The minimum atomic E-state index is -0.508. The normalized spacial score (nSPS) is 10.1. The first kappa shape index (κ1) is 14.0. The molecule has 0 saturated heterocycles. The Morgan fingerprint density at radius 3 is 2.40 bits per heavy atom. The van der Waals surface area contributed by atoms with Gasteiger partial charge in [-0.25, -0.2) is 0 Å². The van der Waals surface area contributed by atoms with E-state index in [1.807, 2.05) is 0 Å². The number of nitrogens with one attached hydrogen (secondary N) is 1. The zero-order chi connectivity index (χ0) is 14.7. The second kappa shape index (κ2) is 5.71. The molecule has 2 aromatic rings. The van der Waals surface area contributed by atoms with E-state index in [1.165, 1.54) is 19.2 Å². The number of aromatic hydroxyl groups is 2. The van der Waals surface area contributed by atoms with Crippen molar-refractivity contribution in [2.24, 2.45) is 0 Å². The molecule has 0 atom stereocenters. The lowest BCUT2D eigenvalue weighted by Gasteiger charge is -2.09. The van der Waals surface area contributed by atoms with Crippen LogP contribution in [-0.4, -0.2) is 23.2 Å². The Hall–Kier alpha value is -2.40. The maximum atomic E-state index is 12.0. The van der Waals surface area contributed by atoms with Crippen LogP contribution >= 0.6 is 11.6 Å². The van der Waals surface area contributed by atoms with Crippen molar-refractivity contribution in [3.63, 3.8) is 0 Å². The lowest BCUT2D eigenvalue weighted by atomic mass is 10.2. The molecule has 2 aromatic carbocycles. The van der Waals surface area contributed by atoms with Gasteiger partial charge in [0.2, 0.25) is 0 Å². The Balaban J connectivity index is 2.27. The van der Waals surface area contributed by atoms with E-state index in [9.17, 15) is 15.0 Å². The fourth-order valence-electron chi connectivity index (χ4n) is 1.65. The minimum absolute atomic E-state index is 0.112. The van der Waals surface area contributed by atoms with Crippen molar-refractivity contribution in [2.75, 3.05) is 12.4 Å². The van der Waals surface area contributed by atoms with E-state index in [1.54, 1.807) is 18.2 Å². The van der Waals surface area contributed by atoms with Crippen molar-refractivity contribution in [3.8, 4) is 17.2 Å². The summed E-state index contributed by atoms with van der Waals surface area (Å²) in [6.45, 7) is 0. The van der Waals surface area contributed by atoms with Gasteiger partial charge >= 0.3 is 0 Å². The molecule has 6 heteroatoms. The van der Waals surface area contributed by atoms with Crippen LogP contribution in [0.1, 0.15) is 10.4 Å². The number of hydrogen-bond acceptors (Lipinski definition) is 4. The number of carbonyl (C=O) groups excluding carboxylic acids is 1. The van der Waals surface area contributed by atoms with Crippen LogP contribution in [0.3, 0.4) is 0 Å². The summed E-state index contributed by atoms with van der Waals surface area (Å²) in [4.78, 5) is 12.0. The summed E-state index contributed by atoms with van der Waals surface area (Å²) in [5.41, 5.74) is 0.486. The first-order valence-corrected chi connectivity index (χ1v) is 6.05. The first-order valence-electron chi connectivity index (χ1n) is 5.67. The molecule has 0 heterocycles. The summed E-state index contributed by atoms with van der Waals surface area (Å²) in [5.74, 6) is -0.367. The molecule has 0 aromatic heterocycles. The molecular formula is C14H12ClNO4. The summed E-state index contributed by atoms with van der Waals surface area (Å²) in [6.07, 6.45) is 0. The highest BCUT2D eigenvalue weighted by Gasteiger charge is 2.11. The molecule has 0 bridgehead atoms. The van der Waals surface area contributed by atoms with Gasteiger partial charge < -0.3 is 20.3 Å². The van der Waals surface area contributed by atoms with Crippen LogP contribution in [-0.2, 0) is 0 Å². The van der Waals surface area contributed by atoms with Gasteiger partial charge in [0.25, 0.3) is 5.91 Å². The van der Waals surface area contributed by atoms with Crippen LogP contribution in [0.5, 0.6) is 17.2 Å². The molecule has 2 rings (SSSR count). The number of anilines is 1. The van der Waals surface area contributed by atoms with E-state index < -0.39 is 5.91 Å². The second-order valence-corrected chi connectivity index (χ2v) is 4.45. The van der Waals surface area contributed by atoms with Crippen molar-refractivity contribution in [1.82, 2.24) is 0 Å². The molecule has 0 radical (unpaired) electrons. The third-order valence-electron chi connectivity index (χ3n) is 2.59. The van der Waals surface area contributed by atoms with Crippen molar-refractivity contribution in [1.29, 1.82) is 0 Å². The number of ether oxygens (including phenoxy) is 1. The number of methoxy groups -OCH3 is 1. The molecule has 3 N–H and O–H groups in total. The van der Waals surface area contributed by atoms with Gasteiger partial charge in [-0.05, 0) is 24.3 Å². The molecule has 1 amide bonds. The average Bonchev–Trinajstić information content (AvgIpc) is 2.40. The zero-order valence-corrected chi connectivity index (χ0v) is 11.3. The van der Waals surface area contributed by atoms with Crippen molar-refractivity contribution >= 4 is 23.2 Å². The van der Waals surface area contributed by atoms with E-state index in [2.05, 4.69) is 5.32 Å². The molecule has 0 unspecified atom stereocenters. The van der Waals surface area contributed by atoms with Crippen molar-refractivity contribution in [3.05, 3.63) is 47.0 Å². The summed E-state index contributed by atoms with van der Waals surface area (Å²) in [5, 5.41) is 21.7. The monoisotopic (exact) mass is 293 g/mol. The maximum absolute atomic E-state index is 12.0. The summed E-state index contributed by atoms with van der Waals surface area (Å²) >= 11 is 5.98. The Morgan fingerprint density at radius 1 is 1.15 bits per heavy atom. The molecular weight excluding hydrogens is 282 g/mol. The molecule has 0 spiro atoms. The number of hydrogen-bond donors (Lipinski definition) is 3. The molecule has 20 heavy (non-hydrogen) atoms. The lowest BCUT2D eigenvalue weighted by Crippen LogP contribution is -2.12. The molecule has 5 nitrogen and oxygen atoms in total. The van der Waals surface area contributed by atoms with Gasteiger partial charge in [-0.2, -0.15) is 0 Å². The Kier molecular flexibility index (Phi) is 4.00. The predicted molar refractivity (Wildman–Crippen MR) is 75.7 cm³/mol. The largest absolute Gasteiger partial charge is 0.508 e. The van der Waals surface area contributed by atoms with Crippen molar-refractivity contribution in [2.45, 2.75) is 0 Å². The standard InChI is InChI=1S/C14H12ClNO4/c1-20-11-2-3-12(15)13(7-11)16-14(19)8-4-9(17)6-10(18)5-8/h2-7,17-18H,1H3,(H,16,19). The SMILES string of the molecule is COc1ccc(Cl)c(NC(=O)c2cc(O)cc(O)c2)c1. The second-order valence-electron chi connectivity index (χ2n) is 4.04. The van der Waals surface area contributed by atoms with Gasteiger partial charge in [0.1, 0.15) is 17.2 Å². The van der Waals surface area contributed by atoms with Gasteiger partial charge in [-0.3, -0.25) is 4.79 Å². The molecule has 0 aliphatic heterocycles. The molecule has 0 fully saturated rings. The number of halogens is 1. The molecule has 0 saturated carbocycles. The Labute approximate surface area is 120 Å². The Morgan fingerprint density at radius 2 is 1.80 bits per heavy atom. The predicted octanol–water partition coefficient (Wildman–Crippen LogP) is 3.01. The van der Waals surface area contributed by atoms with Gasteiger partial charge in [0, 0.05) is 17.7 Å². The van der Waals surface area contributed by atoms with E-state index in [0.29, 0.717) is 16.5 Å². The summed E-state index contributed by atoms with van der Waals surface area (Å²) in [7, 11) is 1.50. The molecule has 0 aliphatic carbocycles. The van der Waals surface area contributed by atoms with Crippen LogP contribution < -0.4 is 10.1 Å². The highest BCUT2D eigenvalue weighted by atomic mass is 35.5. The third-order valence-corrected chi connectivity index (χ3v) is 2.92. The third kappa shape index (κ3) is 3.13. The van der Waals surface area contributed by atoms with E-state index in [4.69, 9.17) is 16.3 Å². The highest BCUT2D eigenvalue weighted by Crippen LogP contribution is 2.28. The quantitative estimate of drug-likeness (QED) is 0.813. The van der Waals surface area contributed by atoms with Crippen LogP contribution in [0.15, 0.2) is 36.4 Å².